The van der Waals surface area contributed by atoms with Crippen LogP contribution in [0.1, 0.15) is 77.7 Å². The Morgan fingerprint density at radius 2 is 1.72 bits per heavy atom. The van der Waals surface area contributed by atoms with Crippen LogP contribution >= 0.6 is 11.8 Å². The average Bonchev–Trinajstić information content (AvgIpc) is 3.37. The monoisotopic (exact) mass is 658 g/mol. The molecule has 1 amide bonds. The lowest BCUT2D eigenvalue weighted by Crippen LogP contribution is -2.38. The van der Waals surface area contributed by atoms with Gasteiger partial charge in [-0.25, -0.2) is 9.78 Å². The first-order chi connectivity index (χ1) is 22.4. The molecule has 0 aliphatic heterocycles. The third kappa shape index (κ3) is 9.08. The number of carbonyl (C=O) groups is 4. The molecule has 0 radical (unpaired) electrons. The first kappa shape index (κ1) is 35.4. The van der Waals surface area contributed by atoms with E-state index in [0.29, 0.717) is 29.8 Å². The lowest BCUT2D eigenvalue weighted by atomic mass is 9.98. The molecule has 5 N–H and O–H groups in total. The third-order valence-corrected chi connectivity index (χ3v) is 8.92. The molecule has 10 nitrogen and oxygen atoms in total. The van der Waals surface area contributed by atoms with Crippen LogP contribution in [-0.4, -0.2) is 60.6 Å². The molecule has 4 rings (SSSR count). The van der Waals surface area contributed by atoms with E-state index in [9.17, 15) is 24.3 Å². The van der Waals surface area contributed by atoms with Gasteiger partial charge in [-0.05, 0) is 66.1 Å². The second-order valence-electron chi connectivity index (χ2n) is 12.2. The normalized spacial score (nSPS) is 12.6. The number of rotatable bonds is 15. The number of aryl methyl sites for hydroxylation is 2. The Hall–Kier alpha value is -4.48. The SMILES string of the molecule is CCCc1nc2c(C)cc(C(=O)NC(CSC(=O)CC(N)C(=O)O)CC(C)C)cc2n1Cc1ccc(-c2ccccc2C(=O)O)cc1. The number of hydrogen-bond acceptors (Lipinski definition) is 7. The quantitative estimate of drug-likeness (QED) is 0.121. The lowest BCUT2D eigenvalue weighted by Gasteiger charge is -2.20. The van der Waals surface area contributed by atoms with Crippen molar-refractivity contribution in [2.45, 2.75) is 72.0 Å². The van der Waals surface area contributed by atoms with Crippen LogP contribution < -0.4 is 11.1 Å². The summed E-state index contributed by atoms with van der Waals surface area (Å²) in [7, 11) is 0. The number of amides is 1. The lowest BCUT2D eigenvalue weighted by molar-refractivity contribution is -0.139. The first-order valence-corrected chi connectivity index (χ1v) is 16.7. The minimum absolute atomic E-state index is 0.246. The fraction of sp³-hybridized carbons (Fsp3) is 0.361. The largest absolute Gasteiger partial charge is 0.480 e. The number of carboxylic acids is 2. The number of aromatic carboxylic acids is 1. The van der Waals surface area contributed by atoms with E-state index in [1.54, 1.807) is 18.2 Å². The molecule has 1 aromatic heterocycles. The summed E-state index contributed by atoms with van der Waals surface area (Å²) in [4.78, 5) is 53.7. The molecule has 1 heterocycles. The highest BCUT2D eigenvalue weighted by Gasteiger charge is 2.22. The van der Waals surface area contributed by atoms with E-state index < -0.39 is 18.0 Å². The van der Waals surface area contributed by atoms with Gasteiger partial charge in [0.2, 0.25) is 0 Å². The maximum Gasteiger partial charge on any atom is 0.336 e. The fourth-order valence-electron chi connectivity index (χ4n) is 5.58. The predicted octanol–water partition coefficient (Wildman–Crippen LogP) is 5.92. The van der Waals surface area contributed by atoms with E-state index in [4.69, 9.17) is 15.8 Å². The van der Waals surface area contributed by atoms with Gasteiger partial charge in [0.1, 0.15) is 11.9 Å². The van der Waals surface area contributed by atoms with Crippen molar-refractivity contribution in [3.8, 4) is 11.1 Å². The second kappa shape index (κ2) is 15.9. The zero-order valence-electron chi connectivity index (χ0n) is 27.2. The summed E-state index contributed by atoms with van der Waals surface area (Å²) in [5, 5.41) is 21.4. The van der Waals surface area contributed by atoms with Gasteiger partial charge in [-0.15, -0.1) is 0 Å². The molecule has 4 aromatic rings. The van der Waals surface area contributed by atoms with E-state index in [1.807, 2.05) is 63.2 Å². The van der Waals surface area contributed by atoms with Gasteiger partial charge in [0.15, 0.2) is 5.12 Å². The molecule has 0 aliphatic carbocycles. The number of thioether (sulfide) groups is 1. The van der Waals surface area contributed by atoms with Crippen molar-refractivity contribution in [1.82, 2.24) is 14.9 Å². The van der Waals surface area contributed by atoms with Crippen molar-refractivity contribution >= 4 is 45.8 Å². The Labute approximate surface area is 278 Å². The summed E-state index contributed by atoms with van der Waals surface area (Å²) >= 11 is 0.989. The Morgan fingerprint density at radius 1 is 1.02 bits per heavy atom. The van der Waals surface area contributed by atoms with Crippen LogP contribution in [0.15, 0.2) is 60.7 Å². The van der Waals surface area contributed by atoms with E-state index >= 15 is 0 Å². The highest BCUT2D eigenvalue weighted by atomic mass is 32.2. The van der Waals surface area contributed by atoms with Crippen molar-refractivity contribution in [3.05, 3.63) is 88.7 Å². The smallest absolute Gasteiger partial charge is 0.336 e. The van der Waals surface area contributed by atoms with Gasteiger partial charge in [0, 0.05) is 36.7 Å². The molecule has 248 valence electrons. The minimum Gasteiger partial charge on any atom is -0.480 e. The summed E-state index contributed by atoms with van der Waals surface area (Å²) in [5.74, 6) is -0.989. The van der Waals surface area contributed by atoms with E-state index in [2.05, 4.69) is 16.8 Å². The van der Waals surface area contributed by atoms with Crippen LogP contribution in [0.2, 0.25) is 0 Å². The molecule has 0 fully saturated rings. The van der Waals surface area contributed by atoms with Crippen LogP contribution in [0.5, 0.6) is 0 Å². The highest BCUT2D eigenvalue weighted by Crippen LogP contribution is 2.27. The Kier molecular flexibility index (Phi) is 12.0. The van der Waals surface area contributed by atoms with Gasteiger partial charge in [-0.3, -0.25) is 14.4 Å². The standard InChI is InChI=1S/C36H42N4O6S/c1-5-8-31-39-33-22(4)16-25(34(42)38-26(15-21(2)3)20-47-32(41)18-29(37)36(45)46)17-30(33)40(31)19-23-11-13-24(14-12-23)27-9-6-7-10-28(27)35(43)44/h6-7,9-14,16-17,21,26,29H,5,8,15,18-20,37H2,1-4H3,(H,38,42)(H,43,44)(H,45,46). The number of benzene rings is 3. The van der Waals surface area contributed by atoms with E-state index in [1.165, 1.54) is 0 Å². The van der Waals surface area contributed by atoms with Gasteiger partial charge in [-0.2, -0.15) is 0 Å². The molecule has 2 atom stereocenters. The number of nitrogens with two attached hydrogens (primary N) is 1. The van der Waals surface area contributed by atoms with Gasteiger partial charge >= 0.3 is 11.9 Å². The maximum atomic E-state index is 13.6. The summed E-state index contributed by atoms with van der Waals surface area (Å²) < 4.78 is 2.13. The number of nitrogens with zero attached hydrogens (tertiary/aromatic N) is 2. The Balaban J connectivity index is 1.59. The van der Waals surface area contributed by atoms with Gasteiger partial charge in [0.05, 0.1) is 16.6 Å². The van der Waals surface area contributed by atoms with Crippen LogP contribution in [0.25, 0.3) is 22.2 Å². The summed E-state index contributed by atoms with van der Waals surface area (Å²) in [5.41, 5.74) is 11.3. The van der Waals surface area contributed by atoms with Gasteiger partial charge in [0.25, 0.3) is 5.91 Å². The van der Waals surface area contributed by atoms with E-state index in [0.717, 1.165) is 58.2 Å². The van der Waals surface area contributed by atoms with E-state index in [-0.39, 0.29) is 35.0 Å². The summed E-state index contributed by atoms with van der Waals surface area (Å²) in [6.07, 6.45) is 2.02. The molecule has 0 spiro atoms. The molecular formula is C36H42N4O6S. The molecule has 0 saturated heterocycles. The molecule has 0 saturated carbocycles. The highest BCUT2D eigenvalue weighted by molar-refractivity contribution is 8.13. The third-order valence-electron chi connectivity index (χ3n) is 7.86. The first-order valence-electron chi connectivity index (χ1n) is 15.7. The zero-order chi connectivity index (χ0) is 34.2. The predicted molar refractivity (Wildman–Crippen MR) is 185 cm³/mol. The fourth-order valence-corrected chi connectivity index (χ4v) is 6.49. The molecule has 2 unspecified atom stereocenters. The van der Waals surface area contributed by atoms with Crippen molar-refractivity contribution in [2.24, 2.45) is 11.7 Å². The van der Waals surface area contributed by atoms with Crippen LogP contribution in [-0.2, 0) is 22.6 Å². The summed E-state index contributed by atoms with van der Waals surface area (Å²) in [6.45, 7) is 8.62. The maximum absolute atomic E-state index is 13.6. The molecule has 0 bridgehead atoms. The zero-order valence-corrected chi connectivity index (χ0v) is 28.0. The van der Waals surface area contributed by atoms with Gasteiger partial charge < -0.3 is 25.8 Å². The van der Waals surface area contributed by atoms with Crippen LogP contribution in [0.4, 0.5) is 0 Å². The number of nitrogens with one attached hydrogen (secondary N) is 1. The van der Waals surface area contributed by atoms with Crippen molar-refractivity contribution in [2.75, 3.05) is 5.75 Å². The number of aromatic nitrogens is 2. The van der Waals surface area contributed by atoms with Gasteiger partial charge in [-0.1, -0.05) is 75.0 Å². The van der Waals surface area contributed by atoms with Crippen molar-refractivity contribution in [1.29, 1.82) is 0 Å². The molecule has 0 aliphatic rings. The number of imidazole rings is 1. The van der Waals surface area contributed by atoms with Crippen LogP contribution in [0, 0.1) is 12.8 Å². The molecule has 47 heavy (non-hydrogen) atoms. The number of carbonyl (C=O) groups excluding carboxylic acids is 2. The number of aliphatic carboxylic acids is 1. The Bertz CT molecular complexity index is 1770. The molecular weight excluding hydrogens is 616 g/mol. The Morgan fingerprint density at radius 3 is 2.36 bits per heavy atom. The minimum atomic E-state index is -1.25. The molecule has 3 aromatic carbocycles. The number of hydrogen-bond donors (Lipinski definition) is 4. The average molecular weight is 659 g/mol. The topological polar surface area (TPSA) is 165 Å². The van der Waals surface area contributed by atoms with Crippen LogP contribution in [0.3, 0.4) is 0 Å². The van der Waals surface area contributed by atoms with Crippen molar-refractivity contribution < 1.29 is 29.4 Å². The van der Waals surface area contributed by atoms with Crippen molar-refractivity contribution in [3.63, 3.8) is 0 Å². The molecule has 11 heteroatoms. The number of carboxylic acid groups (broad SMARTS) is 2. The second-order valence-corrected chi connectivity index (χ2v) is 13.3. The summed E-state index contributed by atoms with van der Waals surface area (Å²) in [6, 6.07) is 16.9. The number of fused-ring (bicyclic) bond motifs is 1.